The van der Waals surface area contributed by atoms with E-state index >= 15 is 0 Å². The molecule has 0 aliphatic heterocycles. The highest BCUT2D eigenvalue weighted by Crippen LogP contribution is 2.57. The van der Waals surface area contributed by atoms with E-state index in [4.69, 9.17) is 0 Å². The normalized spacial score (nSPS) is 15.6. The number of hydrogen-bond acceptors (Lipinski definition) is 0. The van der Waals surface area contributed by atoms with Gasteiger partial charge in [-0.25, -0.2) is 4.57 Å². The lowest BCUT2D eigenvalue weighted by atomic mass is 9.61. The first kappa shape index (κ1) is 33.2. The van der Waals surface area contributed by atoms with Crippen LogP contribution in [0.15, 0.2) is 146 Å². The number of imidazole rings is 1. The molecule has 12 rings (SSSR count). The maximum atomic E-state index is 2.58. The van der Waals surface area contributed by atoms with Gasteiger partial charge in [0.25, 0.3) is 5.82 Å². The monoisotopic (exact) mass is 724 g/mol. The third kappa shape index (κ3) is 4.49. The number of rotatable bonds is 5. The van der Waals surface area contributed by atoms with Gasteiger partial charge in [-0.2, -0.15) is 4.57 Å². The topological polar surface area (TPSA) is 13.7 Å². The van der Waals surface area contributed by atoms with Gasteiger partial charge in [0.1, 0.15) is 5.69 Å². The van der Waals surface area contributed by atoms with Gasteiger partial charge in [-0.15, -0.1) is 0 Å². The van der Waals surface area contributed by atoms with Gasteiger partial charge >= 0.3 is 0 Å². The van der Waals surface area contributed by atoms with Gasteiger partial charge in [-0.1, -0.05) is 125 Å². The molecule has 2 heterocycles. The zero-order valence-corrected chi connectivity index (χ0v) is 33.0. The summed E-state index contributed by atoms with van der Waals surface area (Å²) in [5.74, 6) is 2.38. The maximum Gasteiger partial charge on any atom is 0.295 e. The van der Waals surface area contributed by atoms with E-state index in [2.05, 4.69) is 201 Å². The second kappa shape index (κ2) is 12.2. The molecule has 0 N–H and O–H groups in total. The number of para-hydroxylation sites is 4. The Kier molecular flexibility index (Phi) is 7.20. The summed E-state index contributed by atoms with van der Waals surface area (Å²) in [5, 5.41) is 2.59. The van der Waals surface area contributed by atoms with Crippen molar-refractivity contribution < 1.29 is 4.57 Å². The van der Waals surface area contributed by atoms with Crippen LogP contribution in [0.3, 0.4) is 0 Å². The van der Waals surface area contributed by atoms with Crippen molar-refractivity contribution in [3.8, 4) is 22.8 Å². The number of aromatic nitrogens is 3. The molecule has 0 radical (unpaired) electrons. The molecular formula is C53H46N3+. The number of fused-ring (bicyclic) bond motifs is 4. The summed E-state index contributed by atoms with van der Waals surface area (Å²) in [6.45, 7) is 11.6. The molecule has 9 aromatic rings. The lowest BCUT2D eigenvalue weighted by molar-refractivity contribution is -0.633. The zero-order valence-electron chi connectivity index (χ0n) is 33.0. The van der Waals surface area contributed by atoms with Crippen molar-refractivity contribution >= 4 is 32.8 Å². The molecule has 3 nitrogen and oxygen atoms in total. The average molecular weight is 725 g/mol. The minimum atomic E-state index is 0.217. The van der Waals surface area contributed by atoms with Crippen LogP contribution in [0.2, 0.25) is 0 Å². The SMILES string of the molecule is Cc1cc2c(cc1-c1n(-c3c(C(C)C)cccc3C(C)C)c3ccccc3[n+]1C)c1cc3c(cc1n2-c1ccccc1)C1c2ccccc2C3c2ccccc21. The van der Waals surface area contributed by atoms with Crippen LogP contribution in [0, 0.1) is 6.92 Å². The van der Waals surface area contributed by atoms with Gasteiger partial charge in [0.2, 0.25) is 0 Å². The predicted molar refractivity (Wildman–Crippen MR) is 232 cm³/mol. The van der Waals surface area contributed by atoms with Crippen molar-refractivity contribution in [1.82, 2.24) is 9.13 Å². The van der Waals surface area contributed by atoms with Crippen molar-refractivity contribution in [3.05, 3.63) is 196 Å². The molecule has 0 unspecified atom stereocenters. The highest BCUT2D eigenvalue weighted by atomic mass is 15.2. The largest absolute Gasteiger partial charge is 0.309 e. The highest BCUT2D eigenvalue weighted by Gasteiger charge is 2.42. The van der Waals surface area contributed by atoms with E-state index in [9.17, 15) is 0 Å². The molecule has 0 atom stereocenters. The van der Waals surface area contributed by atoms with Crippen LogP contribution < -0.4 is 4.57 Å². The van der Waals surface area contributed by atoms with Crippen LogP contribution in [-0.4, -0.2) is 9.13 Å². The molecule has 0 saturated heterocycles. The Morgan fingerprint density at radius 2 is 1.00 bits per heavy atom. The second-order valence-corrected chi connectivity index (χ2v) is 16.8. The van der Waals surface area contributed by atoms with Crippen LogP contribution in [0.5, 0.6) is 0 Å². The third-order valence-corrected chi connectivity index (χ3v) is 13.0. The number of hydrogen-bond donors (Lipinski definition) is 0. The summed E-state index contributed by atoms with van der Waals surface area (Å²) >= 11 is 0. The molecule has 3 aliphatic rings. The van der Waals surface area contributed by atoms with Gasteiger partial charge in [0.15, 0.2) is 11.0 Å². The van der Waals surface area contributed by atoms with Gasteiger partial charge in [0, 0.05) is 39.4 Å². The lowest BCUT2D eigenvalue weighted by Crippen LogP contribution is -2.30. The maximum absolute atomic E-state index is 2.58. The summed E-state index contributed by atoms with van der Waals surface area (Å²) in [6.07, 6.45) is 0. The van der Waals surface area contributed by atoms with E-state index in [0.717, 1.165) is 0 Å². The molecule has 0 amide bonds. The van der Waals surface area contributed by atoms with Crippen LogP contribution >= 0.6 is 0 Å². The molecule has 3 heteroatoms. The fraction of sp³-hybridized carbons (Fsp3) is 0.189. The van der Waals surface area contributed by atoms with Gasteiger partial charge in [-0.05, 0) is 106 Å². The molecule has 2 aromatic heterocycles. The summed E-state index contributed by atoms with van der Waals surface area (Å²) in [4.78, 5) is 0. The van der Waals surface area contributed by atoms with E-state index in [1.54, 1.807) is 0 Å². The molecule has 0 spiro atoms. The minimum Gasteiger partial charge on any atom is -0.309 e. The first-order valence-electron chi connectivity index (χ1n) is 20.3. The minimum absolute atomic E-state index is 0.217. The summed E-state index contributed by atoms with van der Waals surface area (Å²) in [6, 6.07) is 55.2. The smallest absolute Gasteiger partial charge is 0.295 e. The van der Waals surface area contributed by atoms with Crippen LogP contribution in [0.4, 0.5) is 0 Å². The standard InChI is InChI=1S/C53H46N3/c1-31(2)35-23-16-24-36(32(3)4)52(35)56-47-26-15-14-25-46(47)54(6)53(56)41-28-42-43-29-44-45(30-49(43)55(48(42)27-33(41)5)34-17-8-7-9-18-34)51-39-21-12-10-19-37(39)50(44)38-20-11-13-22-40(38)51/h7-32,50-51H,1-6H3/q+1. The molecule has 0 fully saturated rings. The molecule has 7 aromatic carbocycles. The van der Waals surface area contributed by atoms with Crippen molar-refractivity contribution in [2.24, 2.45) is 7.05 Å². The third-order valence-electron chi connectivity index (χ3n) is 13.0. The van der Waals surface area contributed by atoms with E-state index in [1.165, 1.54) is 106 Å². The van der Waals surface area contributed by atoms with Crippen LogP contribution in [0.25, 0.3) is 55.6 Å². The highest BCUT2D eigenvalue weighted by molar-refractivity contribution is 6.11. The summed E-state index contributed by atoms with van der Waals surface area (Å²) < 4.78 is 7.53. The fourth-order valence-corrected chi connectivity index (χ4v) is 10.5. The van der Waals surface area contributed by atoms with Gasteiger partial charge < -0.3 is 4.57 Å². The number of benzene rings is 7. The van der Waals surface area contributed by atoms with Crippen molar-refractivity contribution in [1.29, 1.82) is 0 Å². The van der Waals surface area contributed by atoms with Crippen molar-refractivity contribution in [2.75, 3.05) is 0 Å². The second-order valence-electron chi connectivity index (χ2n) is 16.8. The van der Waals surface area contributed by atoms with Crippen molar-refractivity contribution in [3.63, 3.8) is 0 Å². The Morgan fingerprint density at radius 3 is 1.61 bits per heavy atom. The van der Waals surface area contributed by atoms with E-state index in [1.807, 2.05) is 0 Å². The average Bonchev–Trinajstić information content (AvgIpc) is 3.69. The summed E-state index contributed by atoms with van der Waals surface area (Å²) in [5.41, 5.74) is 21.4. The first-order valence-corrected chi connectivity index (χ1v) is 20.3. The first-order chi connectivity index (χ1) is 27.3. The van der Waals surface area contributed by atoms with Gasteiger partial charge in [-0.3, -0.25) is 0 Å². The lowest BCUT2D eigenvalue weighted by Gasteiger charge is -2.42. The molecule has 2 bridgehead atoms. The molecule has 3 aliphatic carbocycles. The summed E-state index contributed by atoms with van der Waals surface area (Å²) in [7, 11) is 2.25. The Bertz CT molecular complexity index is 2990. The predicted octanol–water partition coefficient (Wildman–Crippen LogP) is 12.8. The van der Waals surface area contributed by atoms with E-state index < -0.39 is 0 Å². The van der Waals surface area contributed by atoms with Crippen LogP contribution in [-0.2, 0) is 7.05 Å². The van der Waals surface area contributed by atoms with Gasteiger partial charge in [0.05, 0.1) is 23.6 Å². The number of nitrogens with zero attached hydrogens (tertiary/aromatic N) is 3. The Labute approximate surface area is 329 Å². The molecule has 272 valence electrons. The Morgan fingerprint density at radius 1 is 0.482 bits per heavy atom. The quantitative estimate of drug-likeness (QED) is 0.157. The van der Waals surface area contributed by atoms with Crippen molar-refractivity contribution in [2.45, 2.75) is 58.3 Å². The molecule has 0 saturated carbocycles. The Hall–Kier alpha value is -6.19. The van der Waals surface area contributed by atoms with E-state index in [-0.39, 0.29) is 11.8 Å². The number of aryl methyl sites for hydroxylation is 2. The molecule has 56 heavy (non-hydrogen) atoms. The Balaban J connectivity index is 1.25. The van der Waals surface area contributed by atoms with E-state index in [0.29, 0.717) is 11.8 Å². The zero-order chi connectivity index (χ0) is 38.0. The van der Waals surface area contributed by atoms with Crippen LogP contribution in [0.1, 0.15) is 101 Å². The fourth-order valence-electron chi connectivity index (χ4n) is 10.5. The molecular weight excluding hydrogens is 679 g/mol.